The van der Waals surface area contributed by atoms with Crippen LogP contribution in [0.15, 0.2) is 24.3 Å². The van der Waals surface area contributed by atoms with Crippen LogP contribution in [0.3, 0.4) is 0 Å². The number of carboxylic acid groups (broad SMARTS) is 1. The molecule has 1 aromatic rings. The van der Waals surface area contributed by atoms with E-state index < -0.39 is 5.97 Å². The van der Waals surface area contributed by atoms with Crippen molar-refractivity contribution in [1.29, 1.82) is 5.26 Å². The molecule has 0 radical (unpaired) electrons. The van der Waals surface area contributed by atoms with E-state index in [-0.39, 0.29) is 24.6 Å². The first-order valence-electron chi connectivity index (χ1n) is 5.67. The minimum absolute atomic E-state index is 0.0000180. The summed E-state index contributed by atoms with van der Waals surface area (Å²) in [6.45, 7) is 0.711. The lowest BCUT2D eigenvalue weighted by Crippen LogP contribution is -2.34. The van der Waals surface area contributed by atoms with Crippen LogP contribution in [-0.2, 0) is 11.3 Å². The summed E-state index contributed by atoms with van der Waals surface area (Å²) in [6, 6.07) is 8.32. The molecule has 0 atom stereocenters. The zero-order valence-corrected chi connectivity index (χ0v) is 10.6. The Morgan fingerprint density at radius 3 is 2.53 bits per heavy atom. The second kappa shape index (κ2) is 7.13. The standard InChI is InChI=1S/C13H15N3O3/c1-16(9-12(17)15-7-6-14)8-10-2-4-11(5-3-10)13(18)19/h2-5H,7-9H2,1H3,(H,15,17)(H,18,19). The molecule has 0 aliphatic rings. The van der Waals surface area contributed by atoms with Crippen molar-refractivity contribution < 1.29 is 14.7 Å². The lowest BCUT2D eigenvalue weighted by Gasteiger charge is -2.15. The molecule has 2 N–H and O–H groups in total. The van der Waals surface area contributed by atoms with Gasteiger partial charge < -0.3 is 10.4 Å². The van der Waals surface area contributed by atoms with Gasteiger partial charge in [0.1, 0.15) is 6.54 Å². The van der Waals surface area contributed by atoms with Crippen molar-refractivity contribution >= 4 is 11.9 Å². The van der Waals surface area contributed by atoms with Crippen LogP contribution in [0.2, 0.25) is 0 Å². The van der Waals surface area contributed by atoms with Crippen molar-refractivity contribution in [1.82, 2.24) is 10.2 Å². The van der Waals surface area contributed by atoms with Gasteiger partial charge in [0.2, 0.25) is 5.91 Å². The molecule has 19 heavy (non-hydrogen) atoms. The van der Waals surface area contributed by atoms with Crippen LogP contribution < -0.4 is 5.32 Å². The van der Waals surface area contributed by atoms with E-state index in [1.807, 2.05) is 6.07 Å². The molecule has 0 unspecified atom stereocenters. The van der Waals surface area contributed by atoms with Gasteiger partial charge in [0, 0.05) is 6.54 Å². The molecule has 0 spiro atoms. The van der Waals surface area contributed by atoms with Gasteiger partial charge in [0.05, 0.1) is 18.2 Å². The number of hydrogen-bond acceptors (Lipinski definition) is 4. The number of aromatic carboxylic acids is 1. The Balaban J connectivity index is 2.48. The van der Waals surface area contributed by atoms with E-state index in [0.717, 1.165) is 5.56 Å². The molecule has 1 aromatic carbocycles. The summed E-state index contributed by atoms with van der Waals surface area (Å²) in [5.74, 6) is -1.18. The van der Waals surface area contributed by atoms with Crippen LogP contribution in [0.25, 0.3) is 0 Å². The molecule has 0 aliphatic carbocycles. The Hall–Kier alpha value is -2.39. The monoisotopic (exact) mass is 261 g/mol. The number of likely N-dealkylation sites (N-methyl/N-ethyl adjacent to an activating group) is 1. The molecule has 0 fully saturated rings. The minimum atomic E-state index is -0.962. The van der Waals surface area contributed by atoms with E-state index >= 15 is 0 Å². The maximum absolute atomic E-state index is 11.4. The average molecular weight is 261 g/mol. The fourth-order valence-corrected chi connectivity index (χ4v) is 1.56. The first kappa shape index (κ1) is 14.7. The van der Waals surface area contributed by atoms with Crippen LogP contribution >= 0.6 is 0 Å². The first-order chi connectivity index (χ1) is 9.02. The van der Waals surface area contributed by atoms with Crippen molar-refractivity contribution in [3.05, 3.63) is 35.4 Å². The summed E-state index contributed by atoms with van der Waals surface area (Å²) in [5.41, 5.74) is 1.15. The number of nitriles is 1. The van der Waals surface area contributed by atoms with Crippen LogP contribution in [0.5, 0.6) is 0 Å². The number of nitrogens with zero attached hydrogens (tertiary/aromatic N) is 2. The summed E-state index contributed by atoms with van der Waals surface area (Å²) < 4.78 is 0. The van der Waals surface area contributed by atoms with Gasteiger partial charge in [-0.1, -0.05) is 12.1 Å². The summed E-state index contributed by atoms with van der Waals surface area (Å²) in [5, 5.41) is 19.6. The van der Waals surface area contributed by atoms with Gasteiger partial charge in [-0.3, -0.25) is 9.69 Å². The molecular formula is C13H15N3O3. The molecule has 0 saturated heterocycles. The third kappa shape index (κ3) is 5.19. The molecule has 6 heteroatoms. The zero-order valence-electron chi connectivity index (χ0n) is 10.6. The topological polar surface area (TPSA) is 93.4 Å². The smallest absolute Gasteiger partial charge is 0.335 e. The third-order valence-corrected chi connectivity index (χ3v) is 2.43. The van der Waals surface area contributed by atoms with E-state index in [4.69, 9.17) is 10.4 Å². The molecule has 100 valence electrons. The molecule has 6 nitrogen and oxygen atoms in total. The van der Waals surface area contributed by atoms with Gasteiger partial charge >= 0.3 is 5.97 Å². The van der Waals surface area contributed by atoms with Crippen molar-refractivity contribution in [2.45, 2.75) is 6.54 Å². The van der Waals surface area contributed by atoms with Gasteiger partial charge in [-0.05, 0) is 24.7 Å². The molecule has 0 saturated carbocycles. The van der Waals surface area contributed by atoms with Gasteiger partial charge in [-0.2, -0.15) is 5.26 Å². The molecule has 0 bridgehead atoms. The number of nitrogens with one attached hydrogen (secondary N) is 1. The number of hydrogen-bond donors (Lipinski definition) is 2. The Morgan fingerprint density at radius 1 is 1.37 bits per heavy atom. The number of rotatable bonds is 6. The number of carbonyl (C=O) groups is 2. The van der Waals surface area contributed by atoms with Gasteiger partial charge in [-0.15, -0.1) is 0 Å². The minimum Gasteiger partial charge on any atom is -0.478 e. The number of carboxylic acids is 1. The third-order valence-electron chi connectivity index (χ3n) is 2.43. The van der Waals surface area contributed by atoms with Crippen LogP contribution in [0, 0.1) is 11.3 Å². The van der Waals surface area contributed by atoms with Gasteiger partial charge in [0.15, 0.2) is 0 Å². The molecule has 1 rings (SSSR count). The second-order valence-corrected chi connectivity index (χ2v) is 4.11. The van der Waals surface area contributed by atoms with Crippen LogP contribution in [0.4, 0.5) is 0 Å². The molecule has 0 aromatic heterocycles. The molecular weight excluding hydrogens is 246 g/mol. The normalized spacial score (nSPS) is 9.95. The highest BCUT2D eigenvalue weighted by molar-refractivity contribution is 5.87. The van der Waals surface area contributed by atoms with E-state index in [2.05, 4.69) is 5.32 Å². The Bertz CT molecular complexity index is 491. The summed E-state index contributed by atoms with van der Waals surface area (Å²) in [6.07, 6.45) is 0. The van der Waals surface area contributed by atoms with Gasteiger partial charge in [-0.25, -0.2) is 4.79 Å². The summed E-state index contributed by atoms with van der Waals surface area (Å²) in [4.78, 5) is 23.8. The van der Waals surface area contributed by atoms with Gasteiger partial charge in [0.25, 0.3) is 0 Å². The lowest BCUT2D eigenvalue weighted by atomic mass is 10.1. The number of amides is 1. The van der Waals surface area contributed by atoms with Crippen LogP contribution in [0.1, 0.15) is 15.9 Å². The summed E-state index contributed by atoms with van der Waals surface area (Å²) in [7, 11) is 1.77. The predicted octanol–water partition coefficient (Wildman–Crippen LogP) is 0.456. The van der Waals surface area contributed by atoms with E-state index in [1.165, 1.54) is 12.1 Å². The molecule has 0 heterocycles. The summed E-state index contributed by atoms with van der Waals surface area (Å²) >= 11 is 0. The fourth-order valence-electron chi connectivity index (χ4n) is 1.56. The maximum Gasteiger partial charge on any atom is 0.335 e. The Morgan fingerprint density at radius 2 is 2.00 bits per heavy atom. The highest BCUT2D eigenvalue weighted by atomic mass is 16.4. The number of carbonyl (C=O) groups excluding carboxylic acids is 1. The highest BCUT2D eigenvalue weighted by Gasteiger charge is 2.07. The fraction of sp³-hybridized carbons (Fsp3) is 0.308. The second-order valence-electron chi connectivity index (χ2n) is 4.11. The highest BCUT2D eigenvalue weighted by Crippen LogP contribution is 2.06. The largest absolute Gasteiger partial charge is 0.478 e. The SMILES string of the molecule is CN(CC(=O)NCC#N)Cc1ccc(C(=O)O)cc1. The van der Waals surface area contributed by atoms with Crippen molar-refractivity contribution in [2.75, 3.05) is 20.1 Å². The first-order valence-corrected chi connectivity index (χ1v) is 5.67. The van der Waals surface area contributed by atoms with E-state index in [1.54, 1.807) is 24.1 Å². The molecule has 1 amide bonds. The predicted molar refractivity (Wildman–Crippen MR) is 68.4 cm³/mol. The lowest BCUT2D eigenvalue weighted by molar-refractivity contribution is -0.121. The van der Waals surface area contributed by atoms with Crippen LogP contribution in [-0.4, -0.2) is 42.0 Å². The number of benzene rings is 1. The van der Waals surface area contributed by atoms with Crippen molar-refractivity contribution in [2.24, 2.45) is 0 Å². The van der Waals surface area contributed by atoms with Crippen molar-refractivity contribution in [3.63, 3.8) is 0 Å². The molecule has 0 aliphatic heterocycles. The maximum atomic E-state index is 11.4. The van der Waals surface area contributed by atoms with E-state index in [9.17, 15) is 9.59 Å². The van der Waals surface area contributed by atoms with Crippen molar-refractivity contribution in [3.8, 4) is 6.07 Å². The zero-order chi connectivity index (χ0) is 14.3. The van der Waals surface area contributed by atoms with E-state index in [0.29, 0.717) is 6.54 Å². The quantitative estimate of drug-likeness (QED) is 0.725. The Kier molecular flexibility index (Phi) is 5.51. The Labute approximate surface area is 111 Å². The average Bonchev–Trinajstić information content (AvgIpc) is 2.36.